The minimum absolute atomic E-state index is 0.466. The molecule has 4 rings (SSSR count). The van der Waals surface area contributed by atoms with Crippen LogP contribution in [0, 0.1) is 0 Å². The Bertz CT molecular complexity index is 874. The molecular formula is C22H22ClN3. The van der Waals surface area contributed by atoms with E-state index in [1.165, 1.54) is 37.7 Å². The lowest BCUT2D eigenvalue weighted by atomic mass is 9.96. The van der Waals surface area contributed by atoms with E-state index >= 15 is 0 Å². The second-order valence-corrected chi connectivity index (χ2v) is 7.22. The molecule has 4 heteroatoms. The van der Waals surface area contributed by atoms with Gasteiger partial charge in [-0.1, -0.05) is 79.4 Å². The van der Waals surface area contributed by atoms with Gasteiger partial charge in [0.1, 0.15) is 0 Å². The van der Waals surface area contributed by atoms with Crippen LogP contribution in [0.5, 0.6) is 0 Å². The summed E-state index contributed by atoms with van der Waals surface area (Å²) >= 11 is 6.42. The third-order valence-electron chi connectivity index (χ3n) is 4.93. The van der Waals surface area contributed by atoms with Crippen molar-refractivity contribution in [2.75, 3.05) is 5.32 Å². The summed E-state index contributed by atoms with van der Waals surface area (Å²) in [4.78, 5) is 9.10. The fraction of sp³-hybridized carbons (Fsp3) is 0.273. The average Bonchev–Trinajstić information content (AvgIpc) is 2.71. The molecule has 0 spiro atoms. The molecule has 1 aliphatic rings. The van der Waals surface area contributed by atoms with Crippen LogP contribution in [0.2, 0.25) is 5.02 Å². The molecule has 2 aromatic carbocycles. The fourth-order valence-corrected chi connectivity index (χ4v) is 3.75. The van der Waals surface area contributed by atoms with Crippen LogP contribution in [-0.2, 0) is 0 Å². The molecule has 3 aromatic rings. The topological polar surface area (TPSA) is 37.8 Å². The number of aromatic nitrogens is 2. The van der Waals surface area contributed by atoms with Crippen molar-refractivity contribution >= 4 is 17.5 Å². The van der Waals surface area contributed by atoms with E-state index in [4.69, 9.17) is 16.6 Å². The highest BCUT2D eigenvalue weighted by atomic mass is 35.5. The first-order valence-corrected chi connectivity index (χ1v) is 9.62. The first-order chi connectivity index (χ1) is 12.8. The molecule has 0 unspecified atom stereocenters. The van der Waals surface area contributed by atoms with Crippen LogP contribution in [0.15, 0.2) is 60.8 Å². The lowest BCUT2D eigenvalue weighted by molar-refractivity contribution is 0.461. The van der Waals surface area contributed by atoms with Crippen LogP contribution in [0.4, 0.5) is 5.95 Å². The van der Waals surface area contributed by atoms with Gasteiger partial charge >= 0.3 is 0 Å². The van der Waals surface area contributed by atoms with Crippen molar-refractivity contribution in [3.05, 3.63) is 65.8 Å². The van der Waals surface area contributed by atoms with Crippen LogP contribution >= 0.6 is 11.6 Å². The maximum Gasteiger partial charge on any atom is 0.223 e. The van der Waals surface area contributed by atoms with E-state index < -0.39 is 0 Å². The lowest BCUT2D eigenvalue weighted by Gasteiger charge is -2.22. The highest BCUT2D eigenvalue weighted by Gasteiger charge is 2.15. The minimum atomic E-state index is 0.466. The van der Waals surface area contributed by atoms with Crippen molar-refractivity contribution in [3.8, 4) is 22.4 Å². The number of anilines is 1. The molecule has 1 aromatic heterocycles. The first-order valence-electron chi connectivity index (χ1n) is 9.24. The third-order valence-corrected chi connectivity index (χ3v) is 5.20. The van der Waals surface area contributed by atoms with Crippen LogP contribution in [0.25, 0.3) is 22.4 Å². The number of hydrogen-bond acceptors (Lipinski definition) is 3. The van der Waals surface area contributed by atoms with E-state index in [2.05, 4.69) is 34.6 Å². The molecule has 1 N–H and O–H groups in total. The minimum Gasteiger partial charge on any atom is -0.351 e. The Morgan fingerprint density at radius 2 is 1.58 bits per heavy atom. The summed E-state index contributed by atoms with van der Waals surface area (Å²) in [6.07, 6.45) is 7.95. The summed E-state index contributed by atoms with van der Waals surface area (Å²) in [6, 6.07) is 19.1. The number of nitrogens with one attached hydrogen (secondary N) is 1. The summed E-state index contributed by atoms with van der Waals surface area (Å²) in [5.74, 6) is 0.668. The number of rotatable bonds is 4. The Balaban J connectivity index is 1.63. The van der Waals surface area contributed by atoms with Gasteiger partial charge in [0.2, 0.25) is 5.95 Å². The summed E-state index contributed by atoms with van der Waals surface area (Å²) < 4.78 is 0. The molecule has 26 heavy (non-hydrogen) atoms. The molecule has 0 saturated heterocycles. The van der Waals surface area contributed by atoms with Gasteiger partial charge in [0, 0.05) is 11.6 Å². The second-order valence-electron chi connectivity index (χ2n) is 6.82. The molecule has 0 radical (unpaired) electrons. The standard InChI is InChI=1S/C22H22ClN3/c23-20-15-24-22(25-19-12-5-2-6-13-19)26-21(20)18-11-7-10-17(14-18)16-8-3-1-4-9-16/h1,3-4,7-11,14-15,19H,2,5-6,12-13H2,(H,24,25,26). The van der Waals surface area contributed by atoms with Gasteiger partial charge in [-0.15, -0.1) is 0 Å². The normalized spacial score (nSPS) is 15.0. The number of benzene rings is 2. The average molecular weight is 364 g/mol. The van der Waals surface area contributed by atoms with Crippen molar-refractivity contribution in [2.45, 2.75) is 38.1 Å². The Kier molecular flexibility index (Phi) is 5.16. The van der Waals surface area contributed by atoms with E-state index in [1.54, 1.807) is 6.20 Å². The zero-order valence-electron chi connectivity index (χ0n) is 14.7. The van der Waals surface area contributed by atoms with E-state index in [0.29, 0.717) is 17.0 Å². The predicted octanol–water partition coefficient (Wildman–Crippen LogP) is 6.21. The summed E-state index contributed by atoms with van der Waals surface area (Å²) in [6.45, 7) is 0. The fourth-order valence-electron chi connectivity index (χ4n) is 3.55. The highest BCUT2D eigenvalue weighted by Crippen LogP contribution is 2.30. The van der Waals surface area contributed by atoms with Crippen molar-refractivity contribution in [1.82, 2.24) is 9.97 Å². The van der Waals surface area contributed by atoms with Gasteiger partial charge < -0.3 is 5.32 Å². The first kappa shape index (κ1) is 17.0. The van der Waals surface area contributed by atoms with Crippen molar-refractivity contribution in [2.24, 2.45) is 0 Å². The molecule has 1 fully saturated rings. The monoisotopic (exact) mass is 363 g/mol. The smallest absolute Gasteiger partial charge is 0.223 e. The van der Waals surface area contributed by atoms with Crippen LogP contribution < -0.4 is 5.32 Å². The van der Waals surface area contributed by atoms with E-state index in [1.807, 2.05) is 30.3 Å². The number of nitrogens with zero attached hydrogens (tertiary/aromatic N) is 2. The van der Waals surface area contributed by atoms with E-state index in [-0.39, 0.29) is 0 Å². The Hall–Kier alpha value is -2.39. The third kappa shape index (κ3) is 3.88. The Morgan fingerprint density at radius 3 is 2.38 bits per heavy atom. The van der Waals surface area contributed by atoms with Crippen LogP contribution in [0.1, 0.15) is 32.1 Å². The number of halogens is 1. The maximum atomic E-state index is 6.42. The van der Waals surface area contributed by atoms with Gasteiger partial charge in [-0.3, -0.25) is 0 Å². The molecule has 1 heterocycles. The van der Waals surface area contributed by atoms with Crippen LogP contribution in [-0.4, -0.2) is 16.0 Å². The zero-order chi connectivity index (χ0) is 17.8. The van der Waals surface area contributed by atoms with Gasteiger partial charge in [-0.2, -0.15) is 0 Å². The highest BCUT2D eigenvalue weighted by molar-refractivity contribution is 6.32. The molecular weight excluding hydrogens is 342 g/mol. The Morgan fingerprint density at radius 1 is 0.846 bits per heavy atom. The largest absolute Gasteiger partial charge is 0.351 e. The zero-order valence-corrected chi connectivity index (χ0v) is 15.4. The molecule has 0 atom stereocenters. The molecule has 0 aliphatic heterocycles. The van der Waals surface area contributed by atoms with Gasteiger partial charge in [0.05, 0.1) is 16.9 Å². The van der Waals surface area contributed by atoms with E-state index in [9.17, 15) is 0 Å². The molecule has 132 valence electrons. The molecule has 0 bridgehead atoms. The molecule has 1 saturated carbocycles. The van der Waals surface area contributed by atoms with Gasteiger partial charge in [-0.25, -0.2) is 9.97 Å². The molecule has 1 aliphatic carbocycles. The summed E-state index contributed by atoms with van der Waals surface area (Å²) in [5, 5.41) is 4.06. The quantitative estimate of drug-likeness (QED) is 0.598. The number of hydrogen-bond donors (Lipinski definition) is 1. The SMILES string of the molecule is Clc1cnc(NC2CCCCC2)nc1-c1cccc(-c2ccccc2)c1. The molecule has 3 nitrogen and oxygen atoms in total. The summed E-state index contributed by atoms with van der Waals surface area (Å²) in [7, 11) is 0. The Labute approximate surface area is 159 Å². The van der Waals surface area contributed by atoms with Crippen LogP contribution in [0.3, 0.4) is 0 Å². The predicted molar refractivity (Wildman–Crippen MR) is 108 cm³/mol. The van der Waals surface area contributed by atoms with Crippen molar-refractivity contribution < 1.29 is 0 Å². The lowest BCUT2D eigenvalue weighted by Crippen LogP contribution is -2.23. The van der Waals surface area contributed by atoms with Crippen molar-refractivity contribution in [3.63, 3.8) is 0 Å². The van der Waals surface area contributed by atoms with E-state index in [0.717, 1.165) is 16.8 Å². The summed E-state index contributed by atoms with van der Waals surface area (Å²) in [5.41, 5.74) is 4.11. The second kappa shape index (κ2) is 7.88. The molecule has 0 amide bonds. The van der Waals surface area contributed by atoms with Gasteiger partial charge in [0.25, 0.3) is 0 Å². The van der Waals surface area contributed by atoms with Gasteiger partial charge in [0.15, 0.2) is 0 Å². The van der Waals surface area contributed by atoms with Gasteiger partial charge in [-0.05, 0) is 30.0 Å². The maximum absolute atomic E-state index is 6.42. The van der Waals surface area contributed by atoms with Crippen molar-refractivity contribution in [1.29, 1.82) is 0 Å².